The van der Waals surface area contributed by atoms with Crippen molar-refractivity contribution in [2.24, 2.45) is 0 Å². The first kappa shape index (κ1) is 8.31. The first-order chi connectivity index (χ1) is 6.31. The van der Waals surface area contributed by atoms with Crippen LogP contribution in [-0.4, -0.2) is 15.4 Å². The van der Waals surface area contributed by atoms with E-state index >= 15 is 0 Å². The van der Waals surface area contributed by atoms with Gasteiger partial charge in [0.1, 0.15) is 5.52 Å². The average Bonchev–Trinajstić information content (AvgIpc) is 2.63. The Morgan fingerprint density at radius 2 is 2.38 bits per heavy atom. The number of aromatic nitrogens is 2. The van der Waals surface area contributed by atoms with E-state index in [1.165, 1.54) is 11.5 Å². The first-order valence-electron chi connectivity index (χ1n) is 4.06. The molecule has 1 heterocycles. The van der Waals surface area contributed by atoms with Crippen molar-refractivity contribution in [3.63, 3.8) is 0 Å². The van der Waals surface area contributed by atoms with Gasteiger partial charge in [-0.25, -0.2) is 0 Å². The zero-order chi connectivity index (χ0) is 9.26. The highest BCUT2D eigenvalue weighted by Gasteiger charge is 2.05. The van der Waals surface area contributed by atoms with Crippen LogP contribution in [0.3, 0.4) is 0 Å². The summed E-state index contributed by atoms with van der Waals surface area (Å²) in [6.45, 7) is 1.85. The van der Waals surface area contributed by atoms with Crippen LogP contribution in [0.2, 0.25) is 0 Å². The van der Waals surface area contributed by atoms with E-state index in [-0.39, 0.29) is 5.78 Å². The van der Waals surface area contributed by atoms with E-state index in [0.717, 1.165) is 15.8 Å². The molecule has 4 heteroatoms. The lowest BCUT2D eigenvalue weighted by Crippen LogP contribution is -1.95. The summed E-state index contributed by atoms with van der Waals surface area (Å²) in [6.07, 6.45) is 0.531. The monoisotopic (exact) mass is 192 g/mol. The minimum absolute atomic E-state index is 0.148. The van der Waals surface area contributed by atoms with Crippen LogP contribution >= 0.6 is 11.5 Å². The summed E-state index contributed by atoms with van der Waals surface area (Å²) in [6, 6.07) is 5.52. The van der Waals surface area contributed by atoms with Gasteiger partial charge in [-0.15, -0.1) is 5.10 Å². The van der Waals surface area contributed by atoms with Gasteiger partial charge in [-0.05, 0) is 29.7 Å². The van der Waals surface area contributed by atoms with Gasteiger partial charge in [-0.1, -0.05) is 11.4 Å². The van der Waals surface area contributed by atoms with Gasteiger partial charge in [-0.3, -0.25) is 4.79 Å². The summed E-state index contributed by atoms with van der Waals surface area (Å²) in [5.74, 6) is 0.148. The third-order valence-corrected chi connectivity index (χ3v) is 2.59. The van der Waals surface area contributed by atoms with Gasteiger partial charge in [0.25, 0.3) is 0 Å². The second kappa shape index (κ2) is 3.22. The van der Waals surface area contributed by atoms with Crippen molar-refractivity contribution in [2.45, 2.75) is 13.3 Å². The van der Waals surface area contributed by atoms with E-state index < -0.39 is 0 Å². The third kappa shape index (κ3) is 1.45. The number of benzene rings is 1. The fourth-order valence-corrected chi connectivity index (χ4v) is 1.70. The second-order valence-electron chi connectivity index (χ2n) is 2.73. The zero-order valence-corrected chi connectivity index (χ0v) is 7.97. The molecule has 0 aliphatic carbocycles. The Bertz CT molecular complexity index is 450. The van der Waals surface area contributed by atoms with Crippen molar-refractivity contribution in [2.75, 3.05) is 0 Å². The van der Waals surface area contributed by atoms with E-state index in [2.05, 4.69) is 9.59 Å². The molecule has 0 radical (unpaired) electrons. The molecule has 66 valence electrons. The molecule has 13 heavy (non-hydrogen) atoms. The topological polar surface area (TPSA) is 42.9 Å². The normalized spacial score (nSPS) is 10.5. The SMILES string of the molecule is CCC(=O)c1ccc2snnc2c1. The Balaban J connectivity index is 2.54. The molecule has 1 aromatic heterocycles. The molecule has 0 atom stereocenters. The fraction of sp³-hybridized carbons (Fsp3) is 0.222. The molecule has 0 fully saturated rings. The van der Waals surface area contributed by atoms with Crippen molar-refractivity contribution in [1.29, 1.82) is 0 Å². The highest BCUT2D eigenvalue weighted by molar-refractivity contribution is 7.12. The molecule has 0 N–H and O–H groups in total. The molecule has 0 amide bonds. The van der Waals surface area contributed by atoms with Crippen LogP contribution in [0.5, 0.6) is 0 Å². The molecule has 2 aromatic rings. The number of ketones is 1. The predicted octanol–water partition coefficient (Wildman–Crippen LogP) is 2.28. The van der Waals surface area contributed by atoms with E-state index in [1.807, 2.05) is 19.1 Å². The average molecular weight is 192 g/mol. The van der Waals surface area contributed by atoms with Crippen molar-refractivity contribution in [1.82, 2.24) is 9.59 Å². The number of carbonyl (C=O) groups excluding carboxylic acids is 1. The number of carbonyl (C=O) groups is 1. The minimum atomic E-state index is 0.148. The molecule has 0 saturated heterocycles. The van der Waals surface area contributed by atoms with E-state index in [9.17, 15) is 4.79 Å². The lowest BCUT2D eigenvalue weighted by Gasteiger charge is -1.95. The van der Waals surface area contributed by atoms with Crippen molar-refractivity contribution in [3.05, 3.63) is 23.8 Å². The lowest BCUT2D eigenvalue weighted by molar-refractivity contribution is 0.0988. The van der Waals surface area contributed by atoms with Gasteiger partial charge < -0.3 is 0 Å². The third-order valence-electron chi connectivity index (χ3n) is 1.89. The molecule has 0 saturated carbocycles. The Hall–Kier alpha value is -1.29. The molecule has 0 aliphatic heterocycles. The van der Waals surface area contributed by atoms with Gasteiger partial charge in [0.15, 0.2) is 5.78 Å². The van der Waals surface area contributed by atoms with E-state index in [1.54, 1.807) is 6.07 Å². The molecular formula is C9H8N2OS. The summed E-state index contributed by atoms with van der Waals surface area (Å²) < 4.78 is 4.83. The van der Waals surface area contributed by atoms with Crippen LogP contribution < -0.4 is 0 Å². The lowest BCUT2D eigenvalue weighted by atomic mass is 10.1. The highest BCUT2D eigenvalue weighted by atomic mass is 32.1. The quantitative estimate of drug-likeness (QED) is 0.685. The number of fused-ring (bicyclic) bond motifs is 1. The minimum Gasteiger partial charge on any atom is -0.294 e. The van der Waals surface area contributed by atoms with Gasteiger partial charge >= 0.3 is 0 Å². The van der Waals surface area contributed by atoms with Crippen LogP contribution in [0.15, 0.2) is 18.2 Å². The largest absolute Gasteiger partial charge is 0.294 e. The van der Waals surface area contributed by atoms with Gasteiger partial charge in [0, 0.05) is 12.0 Å². The van der Waals surface area contributed by atoms with Crippen molar-refractivity contribution < 1.29 is 4.79 Å². The molecule has 0 aliphatic rings. The number of hydrogen-bond donors (Lipinski definition) is 0. The Morgan fingerprint density at radius 3 is 3.15 bits per heavy atom. The summed E-state index contributed by atoms with van der Waals surface area (Å²) in [5.41, 5.74) is 1.53. The summed E-state index contributed by atoms with van der Waals surface area (Å²) in [4.78, 5) is 11.3. The fourth-order valence-electron chi connectivity index (χ4n) is 1.16. The standard InChI is InChI=1S/C9H8N2OS/c1-2-8(12)6-3-4-9-7(5-6)10-11-13-9/h3-5H,2H2,1H3. The predicted molar refractivity (Wildman–Crippen MR) is 52.0 cm³/mol. The Labute approximate surface area is 79.6 Å². The molecule has 3 nitrogen and oxygen atoms in total. The zero-order valence-electron chi connectivity index (χ0n) is 7.15. The van der Waals surface area contributed by atoms with E-state index in [0.29, 0.717) is 6.42 Å². The van der Waals surface area contributed by atoms with Crippen LogP contribution in [0.25, 0.3) is 10.2 Å². The maximum atomic E-state index is 11.3. The van der Waals surface area contributed by atoms with Gasteiger partial charge in [-0.2, -0.15) is 0 Å². The maximum absolute atomic E-state index is 11.3. The van der Waals surface area contributed by atoms with E-state index in [4.69, 9.17) is 0 Å². The van der Waals surface area contributed by atoms with Crippen molar-refractivity contribution >= 4 is 27.5 Å². The van der Waals surface area contributed by atoms with Crippen LogP contribution in [0.4, 0.5) is 0 Å². The first-order valence-corrected chi connectivity index (χ1v) is 4.84. The number of nitrogens with zero attached hydrogens (tertiary/aromatic N) is 2. The summed E-state index contributed by atoms with van der Waals surface area (Å²) >= 11 is 1.34. The summed E-state index contributed by atoms with van der Waals surface area (Å²) in [7, 11) is 0. The van der Waals surface area contributed by atoms with Crippen LogP contribution in [0.1, 0.15) is 23.7 Å². The van der Waals surface area contributed by atoms with Crippen LogP contribution in [-0.2, 0) is 0 Å². The second-order valence-corrected chi connectivity index (χ2v) is 3.52. The Morgan fingerprint density at radius 1 is 1.54 bits per heavy atom. The van der Waals surface area contributed by atoms with Crippen molar-refractivity contribution in [3.8, 4) is 0 Å². The Kier molecular flexibility index (Phi) is 2.06. The number of hydrogen-bond acceptors (Lipinski definition) is 4. The smallest absolute Gasteiger partial charge is 0.162 e. The number of rotatable bonds is 2. The molecule has 0 spiro atoms. The molecule has 0 bridgehead atoms. The van der Waals surface area contributed by atoms with Gasteiger partial charge in [0.2, 0.25) is 0 Å². The van der Waals surface area contributed by atoms with Crippen LogP contribution in [0, 0.1) is 0 Å². The highest BCUT2D eigenvalue weighted by Crippen LogP contribution is 2.17. The molecule has 2 rings (SSSR count). The molecule has 1 aromatic carbocycles. The van der Waals surface area contributed by atoms with Gasteiger partial charge in [0.05, 0.1) is 4.70 Å². The molecule has 0 unspecified atom stereocenters. The maximum Gasteiger partial charge on any atom is 0.162 e. The number of Topliss-reactive ketones (excluding diaryl/α,β-unsaturated/α-hetero) is 1. The summed E-state index contributed by atoms with van der Waals surface area (Å²) in [5, 5.41) is 3.91. The molecular weight excluding hydrogens is 184 g/mol.